The fourth-order valence-corrected chi connectivity index (χ4v) is 4.64. The summed E-state index contributed by atoms with van der Waals surface area (Å²) in [5.41, 5.74) is 4.26. The molecule has 156 valence electrons. The zero-order chi connectivity index (χ0) is 21.1. The van der Waals surface area contributed by atoms with Crippen LogP contribution in [0.3, 0.4) is 0 Å². The summed E-state index contributed by atoms with van der Waals surface area (Å²) in [6.07, 6.45) is 5.70. The highest BCUT2D eigenvalue weighted by atomic mass is 32.2. The number of benzene rings is 1. The van der Waals surface area contributed by atoms with Gasteiger partial charge in [-0.25, -0.2) is 0 Å². The topological polar surface area (TPSA) is 63.9 Å². The Labute approximate surface area is 181 Å². The third kappa shape index (κ3) is 4.41. The summed E-state index contributed by atoms with van der Waals surface area (Å²) in [6.45, 7) is 8.13. The van der Waals surface area contributed by atoms with Crippen molar-refractivity contribution in [2.45, 2.75) is 38.8 Å². The molecule has 0 bridgehead atoms. The van der Waals surface area contributed by atoms with Crippen molar-refractivity contribution in [3.63, 3.8) is 0 Å². The Morgan fingerprint density at radius 3 is 2.67 bits per heavy atom. The molecule has 0 aliphatic carbocycles. The van der Waals surface area contributed by atoms with E-state index in [9.17, 15) is 4.79 Å². The number of rotatable bonds is 5. The minimum absolute atomic E-state index is 0.171. The maximum Gasteiger partial charge on any atom is 0.233 e. The highest BCUT2D eigenvalue weighted by Gasteiger charge is 2.23. The largest absolute Gasteiger partial charge is 0.342 e. The number of aryl methyl sites for hydroxylation is 2. The Kier molecular flexibility index (Phi) is 6.18. The van der Waals surface area contributed by atoms with E-state index >= 15 is 0 Å². The lowest BCUT2D eigenvalue weighted by Gasteiger charge is -2.30. The molecule has 4 rings (SSSR count). The van der Waals surface area contributed by atoms with Crippen LogP contribution in [0.15, 0.2) is 47.9 Å². The molecule has 0 unspecified atom stereocenters. The van der Waals surface area contributed by atoms with E-state index in [1.165, 1.54) is 17.3 Å². The second-order valence-corrected chi connectivity index (χ2v) is 8.97. The lowest BCUT2D eigenvalue weighted by atomic mass is 9.99. The van der Waals surface area contributed by atoms with Gasteiger partial charge in [-0.05, 0) is 56.4 Å². The Hall–Kier alpha value is -2.67. The summed E-state index contributed by atoms with van der Waals surface area (Å²) in [6, 6.07) is 10.2. The van der Waals surface area contributed by atoms with E-state index in [2.05, 4.69) is 54.2 Å². The van der Waals surface area contributed by atoms with Gasteiger partial charge in [0.2, 0.25) is 5.91 Å². The lowest BCUT2D eigenvalue weighted by molar-refractivity contribution is -0.129. The van der Waals surface area contributed by atoms with Crippen LogP contribution in [0.5, 0.6) is 0 Å². The van der Waals surface area contributed by atoms with Crippen molar-refractivity contribution in [1.82, 2.24) is 24.6 Å². The molecule has 1 aromatic carbocycles. The van der Waals surface area contributed by atoms with Crippen molar-refractivity contribution in [2.24, 2.45) is 5.92 Å². The Bertz CT molecular complexity index is 1030. The van der Waals surface area contributed by atoms with E-state index in [-0.39, 0.29) is 5.91 Å². The van der Waals surface area contributed by atoms with Crippen LogP contribution in [0, 0.1) is 19.8 Å². The van der Waals surface area contributed by atoms with Crippen molar-refractivity contribution in [1.29, 1.82) is 0 Å². The molecule has 30 heavy (non-hydrogen) atoms. The summed E-state index contributed by atoms with van der Waals surface area (Å²) in [4.78, 5) is 19.0. The Balaban J connectivity index is 1.63. The fraction of sp³-hybridized carbons (Fsp3) is 0.391. The predicted octanol–water partition coefficient (Wildman–Crippen LogP) is 4.30. The number of thioether (sulfide) groups is 1. The standard InChI is InChI=1S/C23H27N5OS/c1-16-8-11-27(12-9-16)21(29)15-30-23-26-25-22(19-5-4-10-24-14-19)28(23)20-7-6-17(2)13-18(20)3/h4-7,10,13-14,16H,8-9,11-12,15H2,1-3H3. The molecule has 0 N–H and O–H groups in total. The first-order chi connectivity index (χ1) is 14.5. The van der Waals surface area contributed by atoms with Crippen LogP contribution in [0.2, 0.25) is 0 Å². The van der Waals surface area contributed by atoms with Crippen LogP contribution in [0.4, 0.5) is 0 Å². The van der Waals surface area contributed by atoms with E-state index in [1.54, 1.807) is 12.4 Å². The molecule has 1 amide bonds. The molecular formula is C23H27N5OS. The highest BCUT2D eigenvalue weighted by molar-refractivity contribution is 7.99. The monoisotopic (exact) mass is 421 g/mol. The first-order valence-corrected chi connectivity index (χ1v) is 11.4. The van der Waals surface area contributed by atoms with Crippen LogP contribution in [-0.4, -0.2) is 49.4 Å². The van der Waals surface area contributed by atoms with Crippen LogP contribution < -0.4 is 0 Å². The minimum atomic E-state index is 0.171. The molecule has 1 aliphatic rings. The van der Waals surface area contributed by atoms with Crippen molar-refractivity contribution < 1.29 is 4.79 Å². The first-order valence-electron chi connectivity index (χ1n) is 10.4. The van der Waals surface area contributed by atoms with Gasteiger partial charge in [-0.3, -0.25) is 14.3 Å². The summed E-state index contributed by atoms with van der Waals surface area (Å²) < 4.78 is 2.04. The number of carbonyl (C=O) groups excluding carboxylic acids is 1. The second kappa shape index (κ2) is 9.00. The summed E-state index contributed by atoms with van der Waals surface area (Å²) in [5, 5.41) is 9.61. The highest BCUT2D eigenvalue weighted by Crippen LogP contribution is 2.30. The fourth-order valence-electron chi connectivity index (χ4n) is 3.79. The molecule has 6 nitrogen and oxygen atoms in total. The number of amides is 1. The molecule has 3 heterocycles. The predicted molar refractivity (Wildman–Crippen MR) is 120 cm³/mol. The molecular weight excluding hydrogens is 394 g/mol. The van der Waals surface area contributed by atoms with Gasteiger partial charge in [-0.2, -0.15) is 0 Å². The molecule has 1 fully saturated rings. The van der Waals surface area contributed by atoms with Gasteiger partial charge < -0.3 is 4.90 Å². The van der Waals surface area contributed by atoms with Crippen LogP contribution >= 0.6 is 11.8 Å². The van der Waals surface area contributed by atoms with Gasteiger partial charge in [-0.1, -0.05) is 36.4 Å². The van der Waals surface area contributed by atoms with Crippen molar-refractivity contribution in [3.05, 3.63) is 53.9 Å². The average molecular weight is 422 g/mol. The van der Waals surface area contributed by atoms with Gasteiger partial charge in [0, 0.05) is 31.0 Å². The van der Waals surface area contributed by atoms with Gasteiger partial charge in [0.05, 0.1) is 11.4 Å². The number of carbonyl (C=O) groups is 1. The smallest absolute Gasteiger partial charge is 0.233 e. The number of aromatic nitrogens is 4. The van der Waals surface area contributed by atoms with Gasteiger partial charge in [0.1, 0.15) is 0 Å². The second-order valence-electron chi connectivity index (χ2n) is 8.03. The molecule has 0 atom stereocenters. The maximum atomic E-state index is 12.8. The normalized spacial score (nSPS) is 14.8. The summed E-state index contributed by atoms with van der Waals surface area (Å²) in [5.74, 6) is 1.97. The van der Waals surface area contributed by atoms with Gasteiger partial charge in [0.25, 0.3) is 0 Å². The molecule has 0 saturated carbocycles. The Morgan fingerprint density at radius 2 is 1.97 bits per heavy atom. The van der Waals surface area contributed by atoms with E-state index in [4.69, 9.17) is 0 Å². The summed E-state index contributed by atoms with van der Waals surface area (Å²) in [7, 11) is 0. The number of nitrogens with zero attached hydrogens (tertiary/aromatic N) is 5. The third-order valence-corrected chi connectivity index (χ3v) is 6.52. The van der Waals surface area contributed by atoms with E-state index in [0.717, 1.165) is 53.7 Å². The van der Waals surface area contributed by atoms with Gasteiger partial charge in [-0.15, -0.1) is 10.2 Å². The van der Waals surface area contributed by atoms with Crippen molar-refractivity contribution >= 4 is 17.7 Å². The van der Waals surface area contributed by atoms with E-state index in [1.807, 2.05) is 21.6 Å². The minimum Gasteiger partial charge on any atom is -0.342 e. The zero-order valence-corrected chi connectivity index (χ0v) is 18.5. The number of piperidine rings is 1. The van der Waals surface area contributed by atoms with Gasteiger partial charge in [0.15, 0.2) is 11.0 Å². The van der Waals surface area contributed by atoms with Crippen LogP contribution in [-0.2, 0) is 4.79 Å². The molecule has 1 saturated heterocycles. The molecule has 2 aromatic heterocycles. The van der Waals surface area contributed by atoms with Crippen molar-refractivity contribution in [3.8, 4) is 17.1 Å². The van der Waals surface area contributed by atoms with Crippen LogP contribution in [0.1, 0.15) is 30.9 Å². The average Bonchev–Trinajstić information content (AvgIpc) is 3.17. The molecule has 1 aliphatic heterocycles. The van der Waals surface area contributed by atoms with Crippen molar-refractivity contribution in [2.75, 3.05) is 18.8 Å². The SMILES string of the molecule is Cc1ccc(-n2c(SCC(=O)N3CCC(C)CC3)nnc2-c2cccnc2)c(C)c1. The van der Waals surface area contributed by atoms with E-state index < -0.39 is 0 Å². The third-order valence-electron chi connectivity index (χ3n) is 5.61. The quantitative estimate of drug-likeness (QED) is 0.575. The Morgan fingerprint density at radius 1 is 1.17 bits per heavy atom. The van der Waals surface area contributed by atoms with Gasteiger partial charge >= 0.3 is 0 Å². The van der Waals surface area contributed by atoms with Crippen LogP contribution in [0.25, 0.3) is 17.1 Å². The molecule has 7 heteroatoms. The molecule has 0 spiro atoms. The summed E-state index contributed by atoms with van der Waals surface area (Å²) >= 11 is 1.45. The zero-order valence-electron chi connectivity index (χ0n) is 17.7. The number of pyridine rings is 1. The first kappa shape index (κ1) is 20.6. The number of hydrogen-bond acceptors (Lipinski definition) is 5. The lowest BCUT2D eigenvalue weighted by Crippen LogP contribution is -2.38. The molecule has 0 radical (unpaired) electrons. The maximum absolute atomic E-state index is 12.8. The number of likely N-dealkylation sites (tertiary alicyclic amines) is 1. The molecule has 3 aromatic rings. The number of hydrogen-bond donors (Lipinski definition) is 0. The van der Waals surface area contributed by atoms with E-state index in [0.29, 0.717) is 11.7 Å².